The van der Waals surface area contributed by atoms with Gasteiger partial charge in [0.2, 0.25) is 0 Å². The van der Waals surface area contributed by atoms with Gasteiger partial charge in [0.15, 0.2) is 0 Å². The van der Waals surface area contributed by atoms with E-state index in [0.717, 1.165) is 12.4 Å². The van der Waals surface area contributed by atoms with Gasteiger partial charge in [-0.2, -0.15) is 0 Å². The van der Waals surface area contributed by atoms with E-state index in [1.165, 1.54) is 0 Å². The maximum Gasteiger partial charge on any atom is 0.136 e. The smallest absolute Gasteiger partial charge is 0.136 e. The molecular formula is C7H14N4. The van der Waals surface area contributed by atoms with Crippen molar-refractivity contribution in [2.75, 3.05) is 13.6 Å². The van der Waals surface area contributed by atoms with Crippen LogP contribution in [-0.2, 0) is 7.05 Å². The predicted octanol–water partition coefficient (Wildman–Crippen LogP) is 0.138. The Bertz CT molecular complexity index is 218. The van der Waals surface area contributed by atoms with Gasteiger partial charge in [-0.1, -0.05) is 6.92 Å². The minimum atomic E-state index is 0.424. The molecule has 1 rings (SSSR count). The van der Waals surface area contributed by atoms with Crippen LogP contribution in [0.15, 0.2) is 6.33 Å². The fraction of sp³-hybridized carbons (Fsp3) is 0.714. The highest BCUT2D eigenvalue weighted by Crippen LogP contribution is 2.08. The number of nitrogens with one attached hydrogen (secondary N) is 1. The third-order valence-corrected chi connectivity index (χ3v) is 1.70. The van der Waals surface area contributed by atoms with Gasteiger partial charge in [-0.25, -0.2) is 0 Å². The molecular weight excluding hydrogens is 140 g/mol. The zero-order valence-electron chi connectivity index (χ0n) is 7.20. The lowest BCUT2D eigenvalue weighted by Gasteiger charge is -2.08. The highest BCUT2D eigenvalue weighted by molar-refractivity contribution is 4.93. The van der Waals surface area contributed by atoms with E-state index < -0.39 is 0 Å². The molecule has 0 aliphatic rings. The molecule has 0 saturated heterocycles. The molecule has 1 aromatic heterocycles. The van der Waals surface area contributed by atoms with E-state index in [4.69, 9.17) is 0 Å². The molecule has 0 bridgehead atoms. The summed E-state index contributed by atoms with van der Waals surface area (Å²) in [6.07, 6.45) is 1.72. The van der Waals surface area contributed by atoms with Crippen LogP contribution in [0.3, 0.4) is 0 Å². The van der Waals surface area contributed by atoms with Gasteiger partial charge in [0.05, 0.1) is 0 Å². The summed E-state index contributed by atoms with van der Waals surface area (Å²) in [6.45, 7) is 3.06. The maximum absolute atomic E-state index is 4.01. The quantitative estimate of drug-likeness (QED) is 0.673. The number of hydrogen-bond acceptors (Lipinski definition) is 3. The van der Waals surface area contributed by atoms with Gasteiger partial charge in [-0.3, -0.25) is 0 Å². The molecule has 1 unspecified atom stereocenters. The fourth-order valence-electron chi connectivity index (χ4n) is 1.14. The SMILES string of the molecule is CNCC(C)c1nncn1C. The lowest BCUT2D eigenvalue weighted by Crippen LogP contribution is -2.17. The molecule has 4 nitrogen and oxygen atoms in total. The maximum atomic E-state index is 4.01. The molecule has 0 aliphatic carbocycles. The molecule has 4 heteroatoms. The van der Waals surface area contributed by atoms with Gasteiger partial charge in [0.25, 0.3) is 0 Å². The van der Waals surface area contributed by atoms with Crippen LogP contribution in [0.4, 0.5) is 0 Å². The summed E-state index contributed by atoms with van der Waals surface area (Å²) in [4.78, 5) is 0. The normalized spacial score (nSPS) is 13.4. The van der Waals surface area contributed by atoms with Crippen molar-refractivity contribution >= 4 is 0 Å². The Morgan fingerprint density at radius 3 is 2.91 bits per heavy atom. The first-order valence-electron chi connectivity index (χ1n) is 3.74. The second-order valence-electron chi connectivity index (χ2n) is 2.76. The third-order valence-electron chi connectivity index (χ3n) is 1.70. The summed E-state index contributed by atoms with van der Waals surface area (Å²) in [5.41, 5.74) is 0. The Morgan fingerprint density at radius 1 is 1.73 bits per heavy atom. The first kappa shape index (κ1) is 8.20. The molecule has 1 aromatic rings. The van der Waals surface area contributed by atoms with Crippen LogP contribution in [0.5, 0.6) is 0 Å². The van der Waals surface area contributed by atoms with Crippen molar-refractivity contribution in [3.63, 3.8) is 0 Å². The fourth-order valence-corrected chi connectivity index (χ4v) is 1.14. The third kappa shape index (κ3) is 1.77. The summed E-state index contributed by atoms with van der Waals surface area (Å²) in [6, 6.07) is 0. The highest BCUT2D eigenvalue weighted by Gasteiger charge is 2.08. The standard InChI is InChI=1S/C7H14N4/c1-6(4-8-2)7-10-9-5-11(7)3/h5-6,8H,4H2,1-3H3. The molecule has 0 fully saturated rings. The molecule has 1 atom stereocenters. The summed E-state index contributed by atoms with van der Waals surface area (Å²) >= 11 is 0. The van der Waals surface area contributed by atoms with Gasteiger partial charge in [-0.15, -0.1) is 10.2 Å². The lowest BCUT2D eigenvalue weighted by molar-refractivity contribution is 0.614. The number of aryl methyl sites for hydroxylation is 1. The largest absolute Gasteiger partial charge is 0.320 e. The van der Waals surface area contributed by atoms with Crippen molar-refractivity contribution < 1.29 is 0 Å². The van der Waals surface area contributed by atoms with E-state index in [1.54, 1.807) is 6.33 Å². The Morgan fingerprint density at radius 2 is 2.45 bits per heavy atom. The summed E-state index contributed by atoms with van der Waals surface area (Å²) in [5.74, 6) is 1.45. The number of nitrogens with zero attached hydrogens (tertiary/aromatic N) is 3. The molecule has 0 aliphatic heterocycles. The summed E-state index contributed by atoms with van der Waals surface area (Å²) in [7, 11) is 3.90. The first-order chi connectivity index (χ1) is 5.25. The van der Waals surface area contributed by atoms with Crippen molar-refractivity contribution in [2.24, 2.45) is 7.05 Å². The van der Waals surface area contributed by atoms with Crippen molar-refractivity contribution in [3.8, 4) is 0 Å². The van der Waals surface area contributed by atoms with E-state index in [2.05, 4.69) is 22.4 Å². The molecule has 11 heavy (non-hydrogen) atoms. The second-order valence-corrected chi connectivity index (χ2v) is 2.76. The zero-order valence-corrected chi connectivity index (χ0v) is 7.20. The number of hydrogen-bond donors (Lipinski definition) is 1. The topological polar surface area (TPSA) is 42.7 Å². The van der Waals surface area contributed by atoms with Crippen LogP contribution in [-0.4, -0.2) is 28.4 Å². The molecule has 1 heterocycles. The zero-order chi connectivity index (χ0) is 8.27. The van der Waals surface area contributed by atoms with Gasteiger partial charge in [-0.05, 0) is 7.05 Å². The molecule has 0 saturated carbocycles. The van der Waals surface area contributed by atoms with E-state index in [-0.39, 0.29) is 0 Å². The van der Waals surface area contributed by atoms with Crippen LogP contribution < -0.4 is 5.32 Å². The van der Waals surface area contributed by atoms with E-state index >= 15 is 0 Å². The van der Waals surface area contributed by atoms with E-state index in [9.17, 15) is 0 Å². The minimum absolute atomic E-state index is 0.424. The van der Waals surface area contributed by atoms with Crippen molar-refractivity contribution in [1.82, 2.24) is 20.1 Å². The minimum Gasteiger partial charge on any atom is -0.320 e. The monoisotopic (exact) mass is 154 g/mol. The molecule has 0 radical (unpaired) electrons. The van der Waals surface area contributed by atoms with Crippen LogP contribution in [0.1, 0.15) is 18.7 Å². The number of aromatic nitrogens is 3. The average molecular weight is 154 g/mol. The lowest BCUT2D eigenvalue weighted by atomic mass is 10.2. The predicted molar refractivity (Wildman–Crippen MR) is 43.3 cm³/mol. The highest BCUT2D eigenvalue weighted by atomic mass is 15.2. The second kappa shape index (κ2) is 3.48. The van der Waals surface area contributed by atoms with E-state index in [0.29, 0.717) is 5.92 Å². The Labute approximate surface area is 66.6 Å². The van der Waals surface area contributed by atoms with Gasteiger partial charge >= 0.3 is 0 Å². The van der Waals surface area contributed by atoms with Crippen LogP contribution in [0.25, 0.3) is 0 Å². The van der Waals surface area contributed by atoms with Crippen molar-refractivity contribution in [1.29, 1.82) is 0 Å². The van der Waals surface area contributed by atoms with Crippen molar-refractivity contribution in [3.05, 3.63) is 12.2 Å². The summed E-state index contributed by atoms with van der Waals surface area (Å²) in [5, 5.41) is 10.9. The summed E-state index contributed by atoms with van der Waals surface area (Å²) < 4.78 is 1.95. The van der Waals surface area contributed by atoms with Gasteiger partial charge < -0.3 is 9.88 Å². The molecule has 0 aromatic carbocycles. The molecule has 0 spiro atoms. The average Bonchev–Trinajstić information content (AvgIpc) is 2.36. The van der Waals surface area contributed by atoms with Crippen LogP contribution in [0, 0.1) is 0 Å². The number of rotatable bonds is 3. The van der Waals surface area contributed by atoms with Gasteiger partial charge in [0, 0.05) is 19.5 Å². The Balaban J connectivity index is 2.67. The first-order valence-corrected chi connectivity index (χ1v) is 3.74. The van der Waals surface area contributed by atoms with Gasteiger partial charge in [0.1, 0.15) is 12.2 Å². The molecule has 1 N–H and O–H groups in total. The Kier molecular flexibility index (Phi) is 2.59. The van der Waals surface area contributed by atoms with E-state index in [1.807, 2.05) is 18.7 Å². The number of likely N-dealkylation sites (N-methyl/N-ethyl adjacent to an activating group) is 1. The molecule has 62 valence electrons. The Hall–Kier alpha value is -0.900. The van der Waals surface area contributed by atoms with Crippen LogP contribution in [0.2, 0.25) is 0 Å². The van der Waals surface area contributed by atoms with Crippen LogP contribution >= 0.6 is 0 Å². The van der Waals surface area contributed by atoms with Crippen molar-refractivity contribution in [2.45, 2.75) is 12.8 Å². The molecule has 0 amide bonds.